The van der Waals surface area contributed by atoms with Crippen molar-refractivity contribution in [2.24, 2.45) is 0 Å². The Morgan fingerprint density at radius 2 is 1.65 bits per heavy atom. The van der Waals surface area contributed by atoms with E-state index in [4.69, 9.17) is 5.26 Å². The van der Waals surface area contributed by atoms with Crippen molar-refractivity contribution < 1.29 is 0 Å². The number of thiol groups is 1. The molecule has 4 rings (SSSR count). The molecular weight excluding hydrogens is 398 g/mol. The number of hydrogen-bond donors (Lipinski definition) is 3. The first kappa shape index (κ1) is 20.6. The van der Waals surface area contributed by atoms with Gasteiger partial charge in [0.2, 0.25) is 0 Å². The third kappa shape index (κ3) is 4.58. The summed E-state index contributed by atoms with van der Waals surface area (Å²) in [6, 6.07) is 26.4. The quantitative estimate of drug-likeness (QED) is 0.293. The van der Waals surface area contributed by atoms with E-state index in [1.54, 1.807) is 6.07 Å². The summed E-state index contributed by atoms with van der Waals surface area (Å²) < 4.78 is 0. The molecule has 152 valence electrons. The maximum Gasteiger partial charge on any atom is 0.0992 e. The van der Waals surface area contributed by atoms with E-state index < -0.39 is 0 Å². The van der Waals surface area contributed by atoms with Gasteiger partial charge in [0, 0.05) is 27.7 Å². The predicted octanol–water partition coefficient (Wildman–Crippen LogP) is 7.44. The van der Waals surface area contributed by atoms with Gasteiger partial charge in [-0.25, -0.2) is 0 Å². The van der Waals surface area contributed by atoms with Crippen LogP contribution in [0.1, 0.15) is 22.3 Å². The summed E-state index contributed by atoms with van der Waals surface area (Å²) >= 11 is 4.54. The first-order valence-electron chi connectivity index (χ1n) is 10.0. The average molecular weight is 422 g/mol. The Morgan fingerprint density at radius 1 is 0.903 bits per heavy atom. The largest absolute Gasteiger partial charge is 0.356 e. The van der Waals surface area contributed by atoms with E-state index in [9.17, 15) is 0 Å². The molecule has 0 spiro atoms. The summed E-state index contributed by atoms with van der Waals surface area (Å²) in [7, 11) is 0. The molecule has 0 aromatic heterocycles. The zero-order chi connectivity index (χ0) is 22.0. The molecule has 0 aliphatic carbocycles. The van der Waals surface area contributed by atoms with E-state index in [0.29, 0.717) is 5.56 Å². The molecule has 0 aliphatic heterocycles. The number of benzene rings is 4. The fraction of sp³-hybridized carbons (Fsp3) is 0.0741. The Balaban J connectivity index is 1.50. The van der Waals surface area contributed by atoms with Gasteiger partial charge < -0.3 is 10.6 Å². The summed E-state index contributed by atoms with van der Waals surface area (Å²) in [6.07, 6.45) is 0. The predicted molar refractivity (Wildman–Crippen MR) is 134 cm³/mol. The van der Waals surface area contributed by atoms with Gasteiger partial charge in [-0.1, -0.05) is 42.5 Å². The van der Waals surface area contributed by atoms with Crippen LogP contribution in [0.15, 0.2) is 84.3 Å². The topological polar surface area (TPSA) is 47.9 Å². The highest BCUT2D eigenvalue weighted by Crippen LogP contribution is 2.29. The van der Waals surface area contributed by atoms with Crippen molar-refractivity contribution in [3.8, 4) is 6.07 Å². The van der Waals surface area contributed by atoms with Gasteiger partial charge in [0.05, 0.1) is 11.6 Å². The lowest BCUT2D eigenvalue weighted by atomic mass is 10.1. The molecule has 0 unspecified atom stereocenters. The van der Waals surface area contributed by atoms with Crippen LogP contribution in [0.3, 0.4) is 0 Å². The van der Waals surface area contributed by atoms with Crippen molar-refractivity contribution in [3.63, 3.8) is 0 Å². The van der Waals surface area contributed by atoms with Gasteiger partial charge in [-0.15, -0.1) is 12.6 Å². The number of anilines is 3. The summed E-state index contributed by atoms with van der Waals surface area (Å²) in [5.74, 6) is 0. The van der Waals surface area contributed by atoms with Crippen LogP contribution < -0.4 is 10.6 Å². The zero-order valence-corrected chi connectivity index (χ0v) is 18.4. The lowest BCUT2D eigenvalue weighted by molar-refractivity contribution is 1.37. The van der Waals surface area contributed by atoms with Gasteiger partial charge in [-0.2, -0.15) is 5.26 Å². The number of fused-ring (bicyclic) bond motifs is 1. The van der Waals surface area contributed by atoms with Crippen LogP contribution in [0.4, 0.5) is 17.1 Å². The highest BCUT2D eigenvalue weighted by molar-refractivity contribution is 7.80. The third-order valence-corrected chi connectivity index (χ3v) is 5.62. The van der Waals surface area contributed by atoms with Crippen molar-refractivity contribution in [3.05, 3.63) is 102 Å². The Morgan fingerprint density at radius 3 is 2.35 bits per heavy atom. The number of nitrogens with one attached hydrogen (secondary N) is 2. The van der Waals surface area contributed by atoms with Crippen molar-refractivity contribution in [2.45, 2.75) is 18.7 Å². The van der Waals surface area contributed by atoms with E-state index in [1.807, 2.05) is 36.4 Å². The lowest BCUT2D eigenvalue weighted by Crippen LogP contribution is -1.98. The molecule has 0 saturated heterocycles. The number of nitrogens with zero attached hydrogens (tertiary/aromatic N) is 1. The molecular formula is C27H23N3S. The molecule has 0 bridgehead atoms. The van der Waals surface area contributed by atoms with Crippen LogP contribution in [0.5, 0.6) is 0 Å². The smallest absolute Gasteiger partial charge is 0.0992 e. The monoisotopic (exact) mass is 421 g/mol. The molecule has 0 fully saturated rings. The SMILES string of the molecule is C=C(Nc1ccc2cc(C#N)cc(S)c2c1)c1ccc(Nc2ccc(C)cc2C)cc1. The highest BCUT2D eigenvalue weighted by atomic mass is 32.1. The van der Waals surface area contributed by atoms with Gasteiger partial charge >= 0.3 is 0 Å². The van der Waals surface area contributed by atoms with E-state index in [2.05, 4.69) is 80.1 Å². The van der Waals surface area contributed by atoms with Crippen LogP contribution in [0.2, 0.25) is 0 Å². The minimum absolute atomic E-state index is 0.608. The zero-order valence-electron chi connectivity index (χ0n) is 17.5. The third-order valence-electron chi connectivity index (χ3n) is 5.25. The van der Waals surface area contributed by atoms with Gasteiger partial charge in [-0.3, -0.25) is 0 Å². The van der Waals surface area contributed by atoms with Crippen LogP contribution in [0, 0.1) is 25.2 Å². The second kappa shape index (κ2) is 8.59. The molecule has 4 aromatic rings. The second-order valence-electron chi connectivity index (χ2n) is 7.67. The Bertz CT molecular complexity index is 1330. The summed E-state index contributed by atoms with van der Waals surface area (Å²) in [6.45, 7) is 8.40. The summed E-state index contributed by atoms with van der Waals surface area (Å²) in [5.41, 5.74) is 7.97. The van der Waals surface area contributed by atoms with Crippen molar-refractivity contribution >= 4 is 46.2 Å². The maximum absolute atomic E-state index is 9.14. The molecule has 0 saturated carbocycles. The van der Waals surface area contributed by atoms with Gasteiger partial charge in [0.15, 0.2) is 0 Å². The van der Waals surface area contributed by atoms with Crippen molar-refractivity contribution in [1.29, 1.82) is 5.26 Å². The van der Waals surface area contributed by atoms with Gasteiger partial charge in [0.1, 0.15) is 0 Å². The minimum Gasteiger partial charge on any atom is -0.356 e. The lowest BCUT2D eigenvalue weighted by Gasteiger charge is -2.14. The van der Waals surface area contributed by atoms with Crippen LogP contribution >= 0.6 is 12.6 Å². The summed E-state index contributed by atoms with van der Waals surface area (Å²) in [4.78, 5) is 0.783. The Kier molecular flexibility index (Phi) is 5.70. The fourth-order valence-electron chi connectivity index (χ4n) is 3.59. The molecule has 0 aliphatic rings. The standard InChI is InChI=1S/C27H23N3S/c1-17-4-11-26(18(2)12-17)30-23-8-5-21(6-9-23)19(3)29-24-10-7-22-13-20(16-28)14-27(31)25(22)15-24/h4-15,29-31H,3H2,1-2H3. The number of hydrogen-bond acceptors (Lipinski definition) is 4. The van der Waals surface area contributed by atoms with Gasteiger partial charge in [0.25, 0.3) is 0 Å². The summed E-state index contributed by atoms with van der Waals surface area (Å²) in [5, 5.41) is 18.0. The maximum atomic E-state index is 9.14. The molecule has 4 aromatic carbocycles. The number of aryl methyl sites for hydroxylation is 2. The second-order valence-corrected chi connectivity index (χ2v) is 8.15. The minimum atomic E-state index is 0.608. The molecule has 4 heteroatoms. The Labute approximate surface area is 188 Å². The van der Waals surface area contributed by atoms with Gasteiger partial charge in [-0.05, 0) is 78.2 Å². The first-order valence-corrected chi connectivity index (χ1v) is 10.5. The molecule has 0 atom stereocenters. The Hall–Kier alpha value is -3.68. The number of rotatable bonds is 5. The number of nitriles is 1. The molecule has 3 nitrogen and oxygen atoms in total. The normalized spacial score (nSPS) is 10.5. The van der Waals surface area contributed by atoms with E-state index in [-0.39, 0.29) is 0 Å². The molecule has 0 amide bonds. The van der Waals surface area contributed by atoms with E-state index in [0.717, 1.165) is 44.0 Å². The van der Waals surface area contributed by atoms with Crippen LogP contribution in [-0.4, -0.2) is 0 Å². The molecule has 0 heterocycles. The van der Waals surface area contributed by atoms with E-state index in [1.165, 1.54) is 11.1 Å². The van der Waals surface area contributed by atoms with Crippen molar-refractivity contribution in [2.75, 3.05) is 10.6 Å². The molecule has 31 heavy (non-hydrogen) atoms. The highest BCUT2D eigenvalue weighted by Gasteiger charge is 2.06. The molecule has 2 N–H and O–H groups in total. The average Bonchev–Trinajstić information content (AvgIpc) is 2.76. The molecule has 0 radical (unpaired) electrons. The van der Waals surface area contributed by atoms with Crippen molar-refractivity contribution in [1.82, 2.24) is 0 Å². The van der Waals surface area contributed by atoms with E-state index >= 15 is 0 Å². The van der Waals surface area contributed by atoms with Crippen LogP contribution in [0.25, 0.3) is 16.5 Å². The fourth-order valence-corrected chi connectivity index (χ4v) is 3.92. The first-order chi connectivity index (χ1) is 14.9. The van der Waals surface area contributed by atoms with Crippen LogP contribution in [-0.2, 0) is 0 Å².